The lowest BCUT2D eigenvalue weighted by molar-refractivity contribution is 0.479. The number of nitrogens with one attached hydrogen (secondary N) is 3. The molecule has 0 aromatic carbocycles. The number of tetrazole rings is 1. The fourth-order valence-corrected chi connectivity index (χ4v) is 3.32. The molecule has 4 aromatic heterocycles. The lowest BCUT2D eigenvalue weighted by Gasteiger charge is -2.24. The van der Waals surface area contributed by atoms with Crippen LogP contribution < -0.4 is 10.6 Å². The number of hydrogen-bond acceptors (Lipinski definition) is 8. The summed E-state index contributed by atoms with van der Waals surface area (Å²) in [6.07, 6.45) is 5.13. The maximum absolute atomic E-state index is 13.8. The topological polar surface area (TPSA) is 122 Å². The van der Waals surface area contributed by atoms with E-state index in [1.807, 2.05) is 0 Å². The quantitative estimate of drug-likeness (QED) is 0.484. The van der Waals surface area contributed by atoms with Crippen molar-refractivity contribution in [3.8, 4) is 23.0 Å². The van der Waals surface area contributed by atoms with E-state index < -0.39 is 0 Å². The second-order valence-electron chi connectivity index (χ2n) is 6.60. The number of fused-ring (bicyclic) bond motifs is 1. The molecular formula is C17H17FN10. The fraction of sp³-hybridized carbons (Fsp3) is 0.294. The number of anilines is 1. The Hall–Kier alpha value is -3.47. The van der Waals surface area contributed by atoms with Gasteiger partial charge in [0.05, 0.1) is 6.20 Å². The Morgan fingerprint density at radius 3 is 3.00 bits per heavy atom. The molecule has 142 valence electrons. The number of aromatic amines is 1. The Labute approximate surface area is 158 Å². The van der Waals surface area contributed by atoms with E-state index in [-0.39, 0.29) is 11.9 Å². The van der Waals surface area contributed by atoms with Gasteiger partial charge in [0.25, 0.3) is 0 Å². The molecule has 3 N–H and O–H groups in total. The number of nitrogens with zero attached hydrogens (tertiary/aromatic N) is 7. The Morgan fingerprint density at radius 2 is 2.18 bits per heavy atom. The normalized spacial score (nSPS) is 17.1. The third-order valence-corrected chi connectivity index (χ3v) is 4.65. The maximum atomic E-state index is 13.8. The molecule has 10 nitrogen and oxygen atoms in total. The number of piperidine rings is 1. The summed E-state index contributed by atoms with van der Waals surface area (Å²) in [7, 11) is 0. The highest BCUT2D eigenvalue weighted by molar-refractivity contribution is 5.64. The van der Waals surface area contributed by atoms with Crippen molar-refractivity contribution < 1.29 is 4.39 Å². The maximum Gasteiger partial charge on any atom is 0.223 e. The summed E-state index contributed by atoms with van der Waals surface area (Å²) in [5.74, 6) is 1.03. The lowest BCUT2D eigenvalue weighted by Crippen LogP contribution is -2.38. The van der Waals surface area contributed by atoms with Crippen molar-refractivity contribution in [1.82, 2.24) is 45.3 Å². The standard InChI is InChI=1S/C17H17FN10/c18-10-3-4-15-20-8-13(28(15)9-10)17-22-12(16-24-26-27-25-16)6-14(23-17)21-11-2-1-5-19-7-11/h3-4,6,8-9,11,19H,1-2,5,7H2,(H,21,22,23)(H,24,25,26,27)/t11-/m1/s1. The van der Waals surface area contributed by atoms with Crippen LogP contribution in [0.1, 0.15) is 12.8 Å². The van der Waals surface area contributed by atoms with Crippen LogP contribution in [0.25, 0.3) is 28.7 Å². The highest BCUT2D eigenvalue weighted by Gasteiger charge is 2.18. The van der Waals surface area contributed by atoms with Crippen molar-refractivity contribution in [2.75, 3.05) is 18.4 Å². The van der Waals surface area contributed by atoms with Gasteiger partial charge in [0.1, 0.15) is 28.7 Å². The third-order valence-electron chi connectivity index (χ3n) is 4.65. The van der Waals surface area contributed by atoms with E-state index in [9.17, 15) is 4.39 Å². The van der Waals surface area contributed by atoms with E-state index in [4.69, 9.17) is 0 Å². The molecule has 0 amide bonds. The van der Waals surface area contributed by atoms with Gasteiger partial charge in [0, 0.05) is 24.8 Å². The summed E-state index contributed by atoms with van der Waals surface area (Å²) in [6.45, 7) is 1.88. The van der Waals surface area contributed by atoms with Crippen LogP contribution in [0.15, 0.2) is 30.6 Å². The molecule has 1 aliphatic rings. The van der Waals surface area contributed by atoms with Gasteiger partial charge in [-0.3, -0.25) is 4.40 Å². The molecule has 0 bridgehead atoms. The predicted octanol–water partition coefficient (Wildman–Crippen LogP) is 1.27. The van der Waals surface area contributed by atoms with Crippen LogP contribution >= 0.6 is 0 Å². The van der Waals surface area contributed by atoms with Crippen LogP contribution in [0.3, 0.4) is 0 Å². The molecule has 1 aliphatic heterocycles. The van der Waals surface area contributed by atoms with Crippen molar-refractivity contribution >= 4 is 11.5 Å². The van der Waals surface area contributed by atoms with Gasteiger partial charge in [0.15, 0.2) is 5.82 Å². The number of rotatable bonds is 4. The van der Waals surface area contributed by atoms with Gasteiger partial charge in [-0.05, 0) is 36.7 Å². The molecule has 28 heavy (non-hydrogen) atoms. The summed E-state index contributed by atoms with van der Waals surface area (Å²) in [5, 5.41) is 20.9. The SMILES string of the molecule is Fc1ccc2ncc(-c3nc(N[C@@H]4CCCNC4)cc(-c4nn[nH]n4)n3)n2c1. The van der Waals surface area contributed by atoms with Crippen molar-refractivity contribution in [3.63, 3.8) is 0 Å². The second kappa shape index (κ2) is 6.93. The van der Waals surface area contributed by atoms with E-state index >= 15 is 0 Å². The molecule has 1 fully saturated rings. The fourth-order valence-electron chi connectivity index (χ4n) is 3.32. The number of imidazole rings is 1. The first-order valence-electron chi connectivity index (χ1n) is 8.99. The highest BCUT2D eigenvalue weighted by atomic mass is 19.1. The average molecular weight is 380 g/mol. The highest BCUT2D eigenvalue weighted by Crippen LogP contribution is 2.24. The Morgan fingerprint density at radius 1 is 1.21 bits per heavy atom. The second-order valence-corrected chi connectivity index (χ2v) is 6.60. The molecule has 0 spiro atoms. The first-order chi connectivity index (χ1) is 13.8. The van der Waals surface area contributed by atoms with Crippen LogP contribution in [0, 0.1) is 5.82 Å². The van der Waals surface area contributed by atoms with E-state index in [1.165, 1.54) is 12.3 Å². The molecular weight excluding hydrogens is 363 g/mol. The Bertz CT molecular complexity index is 1100. The van der Waals surface area contributed by atoms with E-state index in [1.54, 1.807) is 22.7 Å². The van der Waals surface area contributed by atoms with E-state index in [0.29, 0.717) is 34.5 Å². The van der Waals surface area contributed by atoms with Crippen molar-refractivity contribution in [1.29, 1.82) is 0 Å². The molecule has 5 rings (SSSR count). The van der Waals surface area contributed by atoms with Crippen LogP contribution in [-0.2, 0) is 0 Å². The molecule has 0 radical (unpaired) electrons. The lowest BCUT2D eigenvalue weighted by atomic mass is 10.1. The van der Waals surface area contributed by atoms with Crippen LogP contribution in [0.4, 0.5) is 10.2 Å². The molecule has 4 aromatic rings. The number of pyridine rings is 1. The zero-order chi connectivity index (χ0) is 18.9. The smallest absolute Gasteiger partial charge is 0.223 e. The monoisotopic (exact) mass is 380 g/mol. The number of halogens is 1. The molecule has 5 heterocycles. The first kappa shape index (κ1) is 16.7. The van der Waals surface area contributed by atoms with Crippen molar-refractivity contribution in [3.05, 3.63) is 36.4 Å². The zero-order valence-electron chi connectivity index (χ0n) is 14.8. The summed E-state index contributed by atoms with van der Waals surface area (Å²) in [6, 6.07) is 5.02. The minimum Gasteiger partial charge on any atom is -0.366 e. The summed E-state index contributed by atoms with van der Waals surface area (Å²) in [5.41, 5.74) is 1.69. The Kier molecular flexibility index (Phi) is 4.13. The van der Waals surface area contributed by atoms with E-state index in [0.717, 1.165) is 25.9 Å². The first-order valence-corrected chi connectivity index (χ1v) is 8.99. The van der Waals surface area contributed by atoms with Gasteiger partial charge in [-0.1, -0.05) is 0 Å². The molecule has 11 heteroatoms. The average Bonchev–Trinajstić information content (AvgIpc) is 3.38. The van der Waals surface area contributed by atoms with Gasteiger partial charge in [0.2, 0.25) is 5.82 Å². The zero-order valence-corrected chi connectivity index (χ0v) is 14.8. The van der Waals surface area contributed by atoms with Gasteiger partial charge >= 0.3 is 0 Å². The predicted molar refractivity (Wildman–Crippen MR) is 98.9 cm³/mol. The molecule has 0 unspecified atom stereocenters. The molecule has 1 atom stereocenters. The molecule has 1 saturated heterocycles. The van der Waals surface area contributed by atoms with E-state index in [2.05, 4.69) is 46.2 Å². The van der Waals surface area contributed by atoms with Gasteiger partial charge < -0.3 is 10.6 Å². The summed E-state index contributed by atoms with van der Waals surface area (Å²) >= 11 is 0. The number of aromatic nitrogens is 8. The van der Waals surface area contributed by atoms with Gasteiger partial charge in [-0.15, -0.1) is 10.2 Å². The van der Waals surface area contributed by atoms with Crippen LogP contribution in [0.2, 0.25) is 0 Å². The third kappa shape index (κ3) is 3.16. The number of hydrogen-bond donors (Lipinski definition) is 3. The number of H-pyrrole nitrogens is 1. The van der Waals surface area contributed by atoms with Crippen LogP contribution in [-0.4, -0.2) is 59.1 Å². The summed E-state index contributed by atoms with van der Waals surface area (Å²) in [4.78, 5) is 13.5. The minimum atomic E-state index is -0.368. The molecule has 0 aliphatic carbocycles. The van der Waals surface area contributed by atoms with Crippen molar-refractivity contribution in [2.45, 2.75) is 18.9 Å². The van der Waals surface area contributed by atoms with Gasteiger partial charge in [-0.25, -0.2) is 19.3 Å². The molecule has 0 saturated carbocycles. The minimum absolute atomic E-state index is 0.259. The Balaban J connectivity index is 1.60. The van der Waals surface area contributed by atoms with Gasteiger partial charge in [-0.2, -0.15) is 5.21 Å². The van der Waals surface area contributed by atoms with Crippen molar-refractivity contribution in [2.24, 2.45) is 0 Å². The van der Waals surface area contributed by atoms with Crippen LogP contribution in [0.5, 0.6) is 0 Å². The summed E-state index contributed by atoms with van der Waals surface area (Å²) < 4.78 is 15.4. The largest absolute Gasteiger partial charge is 0.366 e.